The molecular weight excluding hydrogens is 368 g/mol. The van der Waals surface area contributed by atoms with Crippen molar-refractivity contribution in [2.45, 2.75) is 19.8 Å². The molecule has 0 aromatic heterocycles. The molecular formula is C23H24N2O4. The number of carbonyl (C=O) groups is 3. The van der Waals surface area contributed by atoms with Gasteiger partial charge in [0.15, 0.2) is 0 Å². The van der Waals surface area contributed by atoms with E-state index in [9.17, 15) is 14.4 Å². The van der Waals surface area contributed by atoms with Crippen molar-refractivity contribution < 1.29 is 19.1 Å². The van der Waals surface area contributed by atoms with E-state index in [2.05, 4.69) is 15.4 Å². The Hall–Kier alpha value is -3.41. The molecule has 6 nitrogen and oxygen atoms in total. The average Bonchev–Trinajstić information content (AvgIpc) is 2.73. The van der Waals surface area contributed by atoms with Gasteiger partial charge in [-0.2, -0.15) is 0 Å². The topological polar surface area (TPSA) is 84.5 Å². The second kappa shape index (κ2) is 9.19. The number of anilines is 2. The molecule has 0 heterocycles. The molecule has 6 heteroatoms. The van der Waals surface area contributed by atoms with Gasteiger partial charge in [0.25, 0.3) is 0 Å². The molecule has 0 bridgehead atoms. The van der Waals surface area contributed by atoms with E-state index in [0.717, 1.165) is 11.3 Å². The van der Waals surface area contributed by atoms with E-state index in [0.29, 0.717) is 24.1 Å². The normalized spacial score (nSPS) is 18.0. The van der Waals surface area contributed by atoms with Gasteiger partial charge in [-0.15, -0.1) is 0 Å². The van der Waals surface area contributed by atoms with E-state index >= 15 is 0 Å². The van der Waals surface area contributed by atoms with Crippen molar-refractivity contribution in [2.24, 2.45) is 11.8 Å². The number of carbonyl (C=O) groups excluding carboxylic acids is 3. The van der Waals surface area contributed by atoms with Crippen LogP contribution in [0.3, 0.4) is 0 Å². The lowest BCUT2D eigenvalue weighted by Gasteiger charge is -2.26. The van der Waals surface area contributed by atoms with Gasteiger partial charge in [0.2, 0.25) is 11.8 Å². The van der Waals surface area contributed by atoms with E-state index in [1.165, 1.54) is 7.11 Å². The number of hydrogen-bond acceptors (Lipinski definition) is 4. The van der Waals surface area contributed by atoms with Crippen LogP contribution in [0.1, 0.15) is 28.8 Å². The number of amides is 2. The third-order valence-corrected chi connectivity index (χ3v) is 4.97. The van der Waals surface area contributed by atoms with Gasteiger partial charge in [0.05, 0.1) is 24.5 Å². The van der Waals surface area contributed by atoms with Gasteiger partial charge in [-0.25, -0.2) is 4.79 Å². The number of nitrogens with one attached hydrogen (secondary N) is 2. The van der Waals surface area contributed by atoms with Crippen molar-refractivity contribution in [2.75, 3.05) is 17.7 Å². The highest BCUT2D eigenvalue weighted by molar-refractivity contribution is 6.00. The Morgan fingerprint density at radius 2 is 1.45 bits per heavy atom. The molecule has 2 N–H and O–H groups in total. The summed E-state index contributed by atoms with van der Waals surface area (Å²) in [6, 6.07) is 14.0. The van der Waals surface area contributed by atoms with Crippen LogP contribution in [-0.4, -0.2) is 24.9 Å². The Labute approximate surface area is 170 Å². The summed E-state index contributed by atoms with van der Waals surface area (Å²) in [7, 11) is 1.32. The van der Waals surface area contributed by atoms with Crippen LogP contribution in [0.5, 0.6) is 0 Å². The molecule has 2 amide bonds. The summed E-state index contributed by atoms with van der Waals surface area (Å²) in [5.74, 6) is -1.74. The van der Waals surface area contributed by atoms with E-state index in [1.807, 2.05) is 43.3 Å². The Morgan fingerprint density at radius 3 is 2.00 bits per heavy atom. The number of allylic oxidation sites excluding steroid dienone is 2. The van der Waals surface area contributed by atoms with Gasteiger partial charge in [-0.1, -0.05) is 24.3 Å². The number of aryl methyl sites for hydroxylation is 1. The summed E-state index contributed by atoms with van der Waals surface area (Å²) >= 11 is 0. The van der Waals surface area contributed by atoms with Crippen LogP contribution >= 0.6 is 0 Å². The summed E-state index contributed by atoms with van der Waals surface area (Å²) in [5, 5.41) is 5.77. The molecule has 29 heavy (non-hydrogen) atoms. The van der Waals surface area contributed by atoms with Crippen LogP contribution in [0, 0.1) is 18.8 Å². The van der Waals surface area contributed by atoms with E-state index in [-0.39, 0.29) is 11.8 Å². The first kappa shape index (κ1) is 20.3. The van der Waals surface area contributed by atoms with Crippen molar-refractivity contribution in [3.05, 3.63) is 71.8 Å². The Kier molecular flexibility index (Phi) is 6.44. The number of benzene rings is 2. The second-order valence-electron chi connectivity index (χ2n) is 7.07. The fourth-order valence-electron chi connectivity index (χ4n) is 3.39. The van der Waals surface area contributed by atoms with Gasteiger partial charge < -0.3 is 15.4 Å². The molecule has 0 radical (unpaired) electrons. The van der Waals surface area contributed by atoms with Gasteiger partial charge in [-0.3, -0.25) is 9.59 Å². The Morgan fingerprint density at radius 1 is 0.862 bits per heavy atom. The largest absolute Gasteiger partial charge is 0.465 e. The molecule has 150 valence electrons. The van der Waals surface area contributed by atoms with E-state index in [4.69, 9.17) is 0 Å². The van der Waals surface area contributed by atoms with Gasteiger partial charge in [-0.05, 0) is 61.7 Å². The molecule has 2 aromatic carbocycles. The zero-order valence-electron chi connectivity index (χ0n) is 16.5. The Bertz CT molecular complexity index is 934. The molecule has 3 rings (SSSR count). The monoisotopic (exact) mass is 392 g/mol. The SMILES string of the molecule is COC(=O)c1ccc(NC(=O)C2CC=CCC2C(=O)Nc2cccc(C)c2)cc1. The zero-order valence-corrected chi connectivity index (χ0v) is 16.5. The van der Waals surface area contributed by atoms with Crippen molar-refractivity contribution in [3.8, 4) is 0 Å². The molecule has 2 unspecified atom stereocenters. The lowest BCUT2D eigenvalue weighted by Crippen LogP contribution is -2.37. The predicted octanol–water partition coefficient (Wildman–Crippen LogP) is 3.94. The summed E-state index contributed by atoms with van der Waals surface area (Å²) in [6.45, 7) is 1.96. The maximum Gasteiger partial charge on any atom is 0.337 e. The summed E-state index contributed by atoms with van der Waals surface area (Å²) < 4.78 is 4.67. The zero-order chi connectivity index (χ0) is 20.8. The highest BCUT2D eigenvalue weighted by Crippen LogP contribution is 2.28. The van der Waals surface area contributed by atoms with Crippen LogP contribution in [0.2, 0.25) is 0 Å². The lowest BCUT2D eigenvalue weighted by molar-refractivity contribution is -0.129. The summed E-state index contributed by atoms with van der Waals surface area (Å²) in [4.78, 5) is 37.2. The first-order valence-corrected chi connectivity index (χ1v) is 9.49. The minimum atomic E-state index is -0.468. The highest BCUT2D eigenvalue weighted by atomic mass is 16.5. The maximum absolute atomic E-state index is 12.8. The van der Waals surface area contributed by atoms with Crippen molar-refractivity contribution in [1.82, 2.24) is 0 Å². The minimum absolute atomic E-state index is 0.166. The first-order chi connectivity index (χ1) is 14.0. The summed E-state index contributed by atoms with van der Waals surface area (Å²) in [5.41, 5.74) is 2.75. The number of methoxy groups -OCH3 is 1. The number of hydrogen-bond donors (Lipinski definition) is 2. The molecule has 0 aliphatic heterocycles. The average molecular weight is 392 g/mol. The standard InChI is InChI=1S/C23H24N2O4/c1-15-6-5-7-18(14-15)25-22(27)20-9-4-3-8-19(20)21(26)24-17-12-10-16(11-13-17)23(28)29-2/h3-7,10-14,19-20H,8-9H2,1-2H3,(H,24,26)(H,25,27). The fourth-order valence-corrected chi connectivity index (χ4v) is 3.39. The van der Waals surface area contributed by atoms with Crippen LogP contribution in [0.15, 0.2) is 60.7 Å². The lowest BCUT2D eigenvalue weighted by atomic mass is 9.81. The third kappa shape index (κ3) is 5.10. The fraction of sp³-hybridized carbons (Fsp3) is 0.261. The van der Waals surface area contributed by atoms with Gasteiger partial charge in [0, 0.05) is 11.4 Å². The first-order valence-electron chi connectivity index (χ1n) is 9.49. The minimum Gasteiger partial charge on any atom is -0.465 e. The maximum atomic E-state index is 12.8. The van der Waals surface area contributed by atoms with Crippen molar-refractivity contribution in [1.29, 1.82) is 0 Å². The quantitative estimate of drug-likeness (QED) is 0.596. The molecule has 1 aliphatic carbocycles. The number of ether oxygens (including phenoxy) is 1. The van der Waals surface area contributed by atoms with Crippen molar-refractivity contribution in [3.63, 3.8) is 0 Å². The predicted molar refractivity (Wildman–Crippen MR) is 112 cm³/mol. The molecule has 0 fully saturated rings. The van der Waals surface area contributed by atoms with Gasteiger partial charge in [0.1, 0.15) is 0 Å². The van der Waals surface area contributed by atoms with Crippen LogP contribution in [0.25, 0.3) is 0 Å². The smallest absolute Gasteiger partial charge is 0.337 e. The molecule has 2 atom stereocenters. The van der Waals surface area contributed by atoms with Crippen LogP contribution < -0.4 is 10.6 Å². The Balaban J connectivity index is 1.68. The van der Waals surface area contributed by atoms with Crippen LogP contribution in [0.4, 0.5) is 11.4 Å². The van der Waals surface area contributed by atoms with Crippen molar-refractivity contribution >= 4 is 29.2 Å². The molecule has 0 saturated carbocycles. The van der Waals surface area contributed by atoms with E-state index in [1.54, 1.807) is 24.3 Å². The van der Waals surface area contributed by atoms with Crippen LogP contribution in [-0.2, 0) is 14.3 Å². The highest BCUT2D eigenvalue weighted by Gasteiger charge is 2.34. The summed E-state index contributed by atoms with van der Waals surface area (Å²) in [6.07, 6.45) is 4.88. The number of esters is 1. The second-order valence-corrected chi connectivity index (χ2v) is 7.07. The van der Waals surface area contributed by atoms with Gasteiger partial charge >= 0.3 is 5.97 Å². The molecule has 0 spiro atoms. The van der Waals surface area contributed by atoms with E-state index < -0.39 is 17.8 Å². The third-order valence-electron chi connectivity index (χ3n) is 4.97. The molecule has 0 saturated heterocycles. The number of rotatable bonds is 5. The molecule has 2 aromatic rings. The molecule has 1 aliphatic rings.